The maximum atomic E-state index is 11.0. The van der Waals surface area contributed by atoms with E-state index in [0.29, 0.717) is 18.7 Å². The fourth-order valence-electron chi connectivity index (χ4n) is 2.09. The Morgan fingerprint density at radius 1 is 1.68 bits per heavy atom. The molecule has 0 aliphatic carbocycles. The molecular formula is C12H15ClN2O4. The Morgan fingerprint density at radius 3 is 3.00 bits per heavy atom. The van der Waals surface area contributed by atoms with Gasteiger partial charge in [-0.3, -0.25) is 10.1 Å². The number of nitrogens with zero attached hydrogens (tertiary/aromatic N) is 1. The minimum Gasteiger partial charge on any atom is -0.385 e. The van der Waals surface area contributed by atoms with Crippen molar-refractivity contribution in [3.05, 3.63) is 33.3 Å². The number of nitrogens with one attached hydrogen (secondary N) is 1. The molecule has 1 aliphatic rings. The van der Waals surface area contributed by atoms with Crippen LogP contribution in [0.4, 0.5) is 11.4 Å². The van der Waals surface area contributed by atoms with Gasteiger partial charge in [0.15, 0.2) is 0 Å². The van der Waals surface area contributed by atoms with Gasteiger partial charge in [-0.2, -0.15) is 0 Å². The Morgan fingerprint density at radius 2 is 2.42 bits per heavy atom. The number of nitro groups is 1. The third-order valence-corrected chi connectivity index (χ3v) is 3.72. The zero-order chi connectivity index (χ0) is 14.0. The third kappa shape index (κ3) is 2.80. The Balaban J connectivity index is 2.16. The SMILES string of the molecule is CC1OCCC1(O)CNc1cccc(Cl)c1[N+](=O)[O-]. The summed E-state index contributed by atoms with van der Waals surface area (Å²) in [5, 5.41) is 24.3. The number of ether oxygens (including phenoxy) is 1. The van der Waals surface area contributed by atoms with E-state index in [2.05, 4.69) is 5.32 Å². The van der Waals surface area contributed by atoms with Crippen molar-refractivity contribution in [2.24, 2.45) is 0 Å². The Hall–Kier alpha value is -1.37. The molecule has 1 aromatic rings. The molecule has 2 N–H and O–H groups in total. The molecule has 2 rings (SSSR count). The van der Waals surface area contributed by atoms with Crippen LogP contribution >= 0.6 is 11.6 Å². The number of hydrogen-bond donors (Lipinski definition) is 2. The van der Waals surface area contributed by atoms with E-state index in [4.69, 9.17) is 16.3 Å². The second-order valence-corrected chi connectivity index (χ2v) is 5.02. The van der Waals surface area contributed by atoms with Gasteiger partial charge >= 0.3 is 5.69 Å². The Labute approximate surface area is 115 Å². The van der Waals surface area contributed by atoms with E-state index in [1.54, 1.807) is 19.1 Å². The van der Waals surface area contributed by atoms with Crippen molar-refractivity contribution < 1.29 is 14.8 Å². The average Bonchev–Trinajstić information content (AvgIpc) is 2.67. The summed E-state index contributed by atoms with van der Waals surface area (Å²) >= 11 is 5.81. The molecule has 1 aliphatic heterocycles. The largest absolute Gasteiger partial charge is 0.385 e. The van der Waals surface area contributed by atoms with Gasteiger partial charge in [0.1, 0.15) is 16.3 Å². The first-order valence-electron chi connectivity index (χ1n) is 5.95. The summed E-state index contributed by atoms with van der Waals surface area (Å²) in [6.45, 7) is 2.44. The molecule has 7 heteroatoms. The van der Waals surface area contributed by atoms with Gasteiger partial charge in [-0.1, -0.05) is 17.7 Å². The molecule has 0 spiro atoms. The molecule has 1 aromatic carbocycles. The minimum atomic E-state index is -1.02. The molecule has 1 fully saturated rings. The standard InChI is InChI=1S/C12H15ClN2O4/c1-8-12(16,5-6-19-8)7-14-10-4-2-3-9(13)11(10)15(17)18/h2-4,8,14,16H,5-7H2,1H3. The first-order valence-corrected chi connectivity index (χ1v) is 6.32. The van der Waals surface area contributed by atoms with E-state index >= 15 is 0 Å². The molecule has 2 atom stereocenters. The average molecular weight is 287 g/mol. The fraction of sp³-hybridized carbons (Fsp3) is 0.500. The number of hydrogen-bond acceptors (Lipinski definition) is 5. The van der Waals surface area contributed by atoms with Gasteiger partial charge in [-0.05, 0) is 19.1 Å². The fourth-order valence-corrected chi connectivity index (χ4v) is 2.34. The lowest BCUT2D eigenvalue weighted by molar-refractivity contribution is -0.383. The van der Waals surface area contributed by atoms with Gasteiger partial charge in [-0.25, -0.2) is 0 Å². The van der Waals surface area contributed by atoms with Gasteiger partial charge in [-0.15, -0.1) is 0 Å². The maximum absolute atomic E-state index is 11.0. The highest BCUT2D eigenvalue weighted by Crippen LogP contribution is 2.33. The zero-order valence-electron chi connectivity index (χ0n) is 10.4. The van der Waals surface area contributed by atoms with Crippen LogP contribution in [-0.4, -0.2) is 34.9 Å². The van der Waals surface area contributed by atoms with E-state index in [1.807, 2.05) is 0 Å². The predicted octanol–water partition coefficient (Wildman–Crippen LogP) is 2.20. The minimum absolute atomic E-state index is 0.0673. The molecule has 0 amide bonds. The third-order valence-electron chi connectivity index (χ3n) is 3.41. The van der Waals surface area contributed by atoms with Crippen molar-refractivity contribution in [1.82, 2.24) is 0 Å². The van der Waals surface area contributed by atoms with Crippen LogP contribution in [0.15, 0.2) is 18.2 Å². The number of benzene rings is 1. The number of aliphatic hydroxyl groups is 1. The molecule has 1 heterocycles. The normalized spacial score (nSPS) is 26.4. The van der Waals surface area contributed by atoms with Crippen LogP contribution in [0.3, 0.4) is 0 Å². The van der Waals surface area contributed by atoms with Crippen LogP contribution in [-0.2, 0) is 4.74 Å². The van der Waals surface area contributed by atoms with Crippen molar-refractivity contribution in [2.75, 3.05) is 18.5 Å². The van der Waals surface area contributed by atoms with E-state index < -0.39 is 10.5 Å². The molecule has 0 saturated carbocycles. The van der Waals surface area contributed by atoms with Gasteiger partial charge in [0.2, 0.25) is 0 Å². The number of anilines is 1. The lowest BCUT2D eigenvalue weighted by atomic mass is 9.96. The van der Waals surface area contributed by atoms with Gasteiger partial charge < -0.3 is 15.2 Å². The van der Waals surface area contributed by atoms with Crippen LogP contribution < -0.4 is 5.32 Å². The summed E-state index contributed by atoms with van der Waals surface area (Å²) < 4.78 is 5.31. The quantitative estimate of drug-likeness (QED) is 0.655. The highest BCUT2D eigenvalue weighted by Gasteiger charge is 2.39. The lowest BCUT2D eigenvalue weighted by Crippen LogP contribution is -2.43. The van der Waals surface area contributed by atoms with Crippen molar-refractivity contribution in [3.8, 4) is 0 Å². The van der Waals surface area contributed by atoms with Gasteiger partial charge in [0, 0.05) is 19.6 Å². The topological polar surface area (TPSA) is 84.6 Å². The highest BCUT2D eigenvalue weighted by atomic mass is 35.5. The second-order valence-electron chi connectivity index (χ2n) is 4.61. The number of para-hydroxylation sites is 1. The molecule has 1 saturated heterocycles. The van der Waals surface area contributed by atoms with Crippen LogP contribution in [0.25, 0.3) is 0 Å². The summed E-state index contributed by atoms with van der Waals surface area (Å²) in [6.07, 6.45) is 0.188. The molecule has 2 unspecified atom stereocenters. The molecule has 104 valence electrons. The predicted molar refractivity (Wildman–Crippen MR) is 71.6 cm³/mol. The summed E-state index contributed by atoms with van der Waals surface area (Å²) in [4.78, 5) is 10.4. The molecule has 19 heavy (non-hydrogen) atoms. The molecule has 0 bridgehead atoms. The van der Waals surface area contributed by atoms with Crippen LogP contribution in [0.5, 0.6) is 0 Å². The summed E-state index contributed by atoms with van der Waals surface area (Å²) in [5.74, 6) is 0. The van der Waals surface area contributed by atoms with Crippen molar-refractivity contribution in [2.45, 2.75) is 25.0 Å². The van der Waals surface area contributed by atoms with Gasteiger partial charge in [0.25, 0.3) is 0 Å². The monoisotopic (exact) mass is 286 g/mol. The van der Waals surface area contributed by atoms with Crippen molar-refractivity contribution in [3.63, 3.8) is 0 Å². The summed E-state index contributed by atoms with van der Waals surface area (Å²) in [5.41, 5.74) is -0.903. The number of rotatable bonds is 4. The van der Waals surface area contributed by atoms with Gasteiger partial charge in [0.05, 0.1) is 11.0 Å². The lowest BCUT2D eigenvalue weighted by Gasteiger charge is -2.26. The molecule has 0 radical (unpaired) electrons. The number of nitro benzene ring substituents is 1. The number of halogens is 1. The molecule has 6 nitrogen and oxygen atoms in total. The van der Waals surface area contributed by atoms with Crippen LogP contribution in [0, 0.1) is 10.1 Å². The first kappa shape index (κ1) is 14.0. The Kier molecular flexibility index (Phi) is 3.93. The van der Waals surface area contributed by atoms with E-state index in [1.165, 1.54) is 6.07 Å². The summed E-state index contributed by atoms with van der Waals surface area (Å²) in [7, 11) is 0. The molecule has 0 aromatic heterocycles. The smallest absolute Gasteiger partial charge is 0.310 e. The van der Waals surface area contributed by atoms with Crippen LogP contribution in [0.2, 0.25) is 5.02 Å². The van der Waals surface area contributed by atoms with Crippen molar-refractivity contribution >= 4 is 23.0 Å². The second kappa shape index (κ2) is 5.32. The first-order chi connectivity index (χ1) is 8.94. The highest BCUT2D eigenvalue weighted by molar-refractivity contribution is 6.33. The van der Waals surface area contributed by atoms with E-state index in [9.17, 15) is 15.2 Å². The zero-order valence-corrected chi connectivity index (χ0v) is 11.2. The molecular weight excluding hydrogens is 272 g/mol. The maximum Gasteiger partial charge on any atom is 0.310 e. The van der Waals surface area contributed by atoms with Crippen LogP contribution in [0.1, 0.15) is 13.3 Å². The summed E-state index contributed by atoms with van der Waals surface area (Å²) in [6, 6.07) is 4.64. The van der Waals surface area contributed by atoms with E-state index in [-0.39, 0.29) is 23.4 Å². The van der Waals surface area contributed by atoms with Crippen molar-refractivity contribution in [1.29, 1.82) is 0 Å². The van der Waals surface area contributed by atoms with E-state index in [0.717, 1.165) is 0 Å². The Bertz CT molecular complexity index is 497.